The highest BCUT2D eigenvalue weighted by atomic mass is 16.1. The number of hydrogen-bond acceptors (Lipinski definition) is 1. The summed E-state index contributed by atoms with van der Waals surface area (Å²) in [6, 6.07) is 0. The summed E-state index contributed by atoms with van der Waals surface area (Å²) in [5.74, 6) is -0.363. The van der Waals surface area contributed by atoms with E-state index in [4.69, 9.17) is 5.73 Å². The number of hydrogen-bond donors (Lipinski definition) is 1. The average molecular weight is 139 g/mol. The van der Waals surface area contributed by atoms with E-state index in [1.54, 1.807) is 13.0 Å². The number of carbonyl (C=O) groups excluding carboxylic acids is 1. The van der Waals surface area contributed by atoms with Crippen molar-refractivity contribution in [2.45, 2.75) is 20.8 Å². The molecule has 0 heterocycles. The zero-order valence-electron chi connectivity index (χ0n) is 6.64. The second-order valence-electron chi connectivity index (χ2n) is 2.46. The van der Waals surface area contributed by atoms with Crippen LogP contribution in [0.15, 0.2) is 23.3 Å². The van der Waals surface area contributed by atoms with Crippen LogP contribution < -0.4 is 5.73 Å². The summed E-state index contributed by atoms with van der Waals surface area (Å²) in [7, 11) is 0. The largest absolute Gasteiger partial charge is 0.366 e. The van der Waals surface area contributed by atoms with E-state index in [2.05, 4.69) is 0 Å². The van der Waals surface area contributed by atoms with Crippen LogP contribution in [0, 0.1) is 0 Å². The maximum Gasteiger partial charge on any atom is 0.244 e. The second-order valence-corrected chi connectivity index (χ2v) is 2.46. The molecule has 0 spiro atoms. The van der Waals surface area contributed by atoms with Gasteiger partial charge >= 0.3 is 0 Å². The van der Waals surface area contributed by atoms with E-state index in [1.165, 1.54) is 0 Å². The van der Waals surface area contributed by atoms with E-state index in [0.717, 1.165) is 5.57 Å². The van der Waals surface area contributed by atoms with Crippen molar-refractivity contribution < 1.29 is 4.79 Å². The molecule has 0 aliphatic heterocycles. The Morgan fingerprint density at radius 1 is 1.20 bits per heavy atom. The van der Waals surface area contributed by atoms with Gasteiger partial charge in [-0.25, -0.2) is 0 Å². The van der Waals surface area contributed by atoms with E-state index in [9.17, 15) is 4.79 Å². The van der Waals surface area contributed by atoms with Gasteiger partial charge in [0, 0.05) is 5.57 Å². The molecule has 0 rings (SSSR count). The molecule has 0 aromatic heterocycles. The third-order valence-electron chi connectivity index (χ3n) is 1.06. The SMILES string of the molecule is CC(C)=C/C=C(/C)C(N)=O. The maximum absolute atomic E-state index is 10.4. The highest BCUT2D eigenvalue weighted by Crippen LogP contribution is 1.94. The van der Waals surface area contributed by atoms with Crippen LogP contribution in [0.25, 0.3) is 0 Å². The molecule has 0 atom stereocenters. The fourth-order valence-electron chi connectivity index (χ4n) is 0.374. The summed E-state index contributed by atoms with van der Waals surface area (Å²) in [4.78, 5) is 10.4. The molecule has 10 heavy (non-hydrogen) atoms. The first-order valence-electron chi connectivity index (χ1n) is 3.15. The van der Waals surface area contributed by atoms with Gasteiger partial charge in [0.25, 0.3) is 0 Å². The Kier molecular flexibility index (Phi) is 3.47. The summed E-state index contributed by atoms with van der Waals surface area (Å²) >= 11 is 0. The second kappa shape index (κ2) is 3.88. The molecule has 0 aliphatic rings. The number of amides is 1. The lowest BCUT2D eigenvalue weighted by atomic mass is 10.2. The van der Waals surface area contributed by atoms with Gasteiger partial charge in [0.2, 0.25) is 5.91 Å². The predicted molar refractivity (Wildman–Crippen MR) is 42.4 cm³/mol. The maximum atomic E-state index is 10.4. The van der Waals surface area contributed by atoms with E-state index >= 15 is 0 Å². The van der Waals surface area contributed by atoms with E-state index in [1.807, 2.05) is 19.9 Å². The third kappa shape index (κ3) is 3.89. The molecule has 2 N–H and O–H groups in total. The normalized spacial score (nSPS) is 10.9. The van der Waals surface area contributed by atoms with Crippen molar-refractivity contribution in [3.8, 4) is 0 Å². The Morgan fingerprint density at radius 2 is 1.70 bits per heavy atom. The van der Waals surface area contributed by atoms with Crippen LogP contribution >= 0.6 is 0 Å². The molecule has 2 nitrogen and oxygen atoms in total. The van der Waals surface area contributed by atoms with Gasteiger partial charge in [0.15, 0.2) is 0 Å². The molecule has 0 aliphatic carbocycles. The molecular formula is C8H13NO. The zero-order chi connectivity index (χ0) is 8.15. The Hall–Kier alpha value is -1.05. The molecule has 0 aromatic rings. The van der Waals surface area contributed by atoms with E-state index in [0.29, 0.717) is 5.57 Å². The lowest BCUT2D eigenvalue weighted by Crippen LogP contribution is -2.11. The molecule has 0 saturated heterocycles. The molecule has 0 aromatic carbocycles. The molecule has 0 saturated carbocycles. The summed E-state index contributed by atoms with van der Waals surface area (Å²) in [5.41, 5.74) is 6.72. The van der Waals surface area contributed by atoms with Gasteiger partial charge in [0.1, 0.15) is 0 Å². The molecule has 0 fully saturated rings. The fraction of sp³-hybridized carbons (Fsp3) is 0.375. The highest BCUT2D eigenvalue weighted by molar-refractivity contribution is 5.91. The minimum atomic E-state index is -0.363. The molecule has 0 radical (unpaired) electrons. The van der Waals surface area contributed by atoms with Crippen LogP contribution in [0.5, 0.6) is 0 Å². The Morgan fingerprint density at radius 3 is 2.00 bits per heavy atom. The third-order valence-corrected chi connectivity index (χ3v) is 1.06. The monoisotopic (exact) mass is 139 g/mol. The van der Waals surface area contributed by atoms with Crippen molar-refractivity contribution in [2.24, 2.45) is 5.73 Å². The average Bonchev–Trinajstić information content (AvgIpc) is 1.82. The predicted octanol–water partition coefficient (Wildman–Crippen LogP) is 1.38. The Balaban J connectivity index is 4.19. The Bertz CT molecular complexity index is 185. The van der Waals surface area contributed by atoms with Crippen molar-refractivity contribution >= 4 is 5.91 Å². The molecular weight excluding hydrogens is 126 g/mol. The fourth-order valence-corrected chi connectivity index (χ4v) is 0.374. The van der Waals surface area contributed by atoms with Crippen molar-refractivity contribution in [1.29, 1.82) is 0 Å². The quantitative estimate of drug-likeness (QED) is 0.456. The van der Waals surface area contributed by atoms with Crippen molar-refractivity contribution in [2.75, 3.05) is 0 Å². The summed E-state index contributed by atoms with van der Waals surface area (Å²) in [6.07, 6.45) is 3.58. The molecule has 1 amide bonds. The van der Waals surface area contributed by atoms with Gasteiger partial charge in [-0.2, -0.15) is 0 Å². The van der Waals surface area contributed by atoms with Gasteiger partial charge in [-0.3, -0.25) is 4.79 Å². The number of primary amides is 1. The summed E-state index contributed by atoms with van der Waals surface area (Å²) < 4.78 is 0. The molecule has 56 valence electrons. The minimum Gasteiger partial charge on any atom is -0.366 e. The van der Waals surface area contributed by atoms with Gasteiger partial charge < -0.3 is 5.73 Å². The van der Waals surface area contributed by atoms with E-state index in [-0.39, 0.29) is 5.91 Å². The van der Waals surface area contributed by atoms with Gasteiger partial charge in [0.05, 0.1) is 0 Å². The van der Waals surface area contributed by atoms with Crippen LogP contribution in [-0.2, 0) is 4.79 Å². The first-order valence-corrected chi connectivity index (χ1v) is 3.15. The van der Waals surface area contributed by atoms with Crippen molar-refractivity contribution in [3.05, 3.63) is 23.3 Å². The molecule has 0 unspecified atom stereocenters. The number of rotatable bonds is 2. The number of allylic oxidation sites excluding steroid dienone is 3. The minimum absolute atomic E-state index is 0.363. The van der Waals surface area contributed by atoms with Gasteiger partial charge in [-0.15, -0.1) is 0 Å². The van der Waals surface area contributed by atoms with Crippen LogP contribution in [0.2, 0.25) is 0 Å². The smallest absolute Gasteiger partial charge is 0.244 e. The van der Waals surface area contributed by atoms with Crippen molar-refractivity contribution in [3.63, 3.8) is 0 Å². The molecule has 2 heteroatoms. The van der Waals surface area contributed by atoms with Crippen molar-refractivity contribution in [1.82, 2.24) is 0 Å². The lowest BCUT2D eigenvalue weighted by Gasteiger charge is -1.89. The number of nitrogens with two attached hydrogens (primary N) is 1. The van der Waals surface area contributed by atoms with Crippen LogP contribution in [0.3, 0.4) is 0 Å². The summed E-state index contributed by atoms with van der Waals surface area (Å²) in [5, 5.41) is 0. The first-order chi connectivity index (χ1) is 4.54. The lowest BCUT2D eigenvalue weighted by molar-refractivity contribution is -0.114. The van der Waals surface area contributed by atoms with Gasteiger partial charge in [-0.05, 0) is 20.8 Å². The standard InChI is InChI=1S/C8H13NO/c1-6(2)4-5-7(3)8(9)10/h4-5H,1-3H3,(H2,9,10)/b7-5-. The highest BCUT2D eigenvalue weighted by Gasteiger charge is 1.92. The Labute approximate surface area is 61.4 Å². The van der Waals surface area contributed by atoms with Crippen LogP contribution in [-0.4, -0.2) is 5.91 Å². The zero-order valence-corrected chi connectivity index (χ0v) is 6.64. The topological polar surface area (TPSA) is 43.1 Å². The van der Waals surface area contributed by atoms with E-state index < -0.39 is 0 Å². The van der Waals surface area contributed by atoms with Crippen LogP contribution in [0.4, 0.5) is 0 Å². The number of carbonyl (C=O) groups is 1. The first kappa shape index (κ1) is 8.95. The van der Waals surface area contributed by atoms with Gasteiger partial charge in [-0.1, -0.05) is 17.7 Å². The van der Waals surface area contributed by atoms with Crippen LogP contribution in [0.1, 0.15) is 20.8 Å². The summed E-state index contributed by atoms with van der Waals surface area (Å²) in [6.45, 7) is 5.62. The molecule has 0 bridgehead atoms.